The number of carboxylic acid groups (broad SMARTS) is 1. The first kappa shape index (κ1) is 23.2. The number of hydrogen-bond donors (Lipinski definition) is 1. The number of aliphatic carboxylic acids is 1. The molecular formula is C17H27NO9. The Morgan fingerprint density at radius 1 is 0.704 bits per heavy atom. The molecule has 1 N–H and O–H groups in total. The van der Waals surface area contributed by atoms with Crippen LogP contribution in [0.15, 0.2) is 12.2 Å². The average Bonchev–Trinajstić information content (AvgIpc) is 2.95. The lowest BCUT2D eigenvalue weighted by atomic mass is 10.5. The van der Waals surface area contributed by atoms with Crippen LogP contribution in [0, 0.1) is 0 Å². The van der Waals surface area contributed by atoms with E-state index in [1.165, 1.54) is 12.2 Å². The summed E-state index contributed by atoms with van der Waals surface area (Å²) in [6.45, 7) is 3.91. The van der Waals surface area contributed by atoms with Crippen molar-refractivity contribution in [1.82, 2.24) is 4.90 Å². The second-order valence-corrected chi connectivity index (χ2v) is 5.37. The molecule has 0 saturated heterocycles. The van der Waals surface area contributed by atoms with E-state index in [4.69, 9.17) is 28.8 Å². The van der Waals surface area contributed by atoms with Crippen molar-refractivity contribution in [2.75, 3.05) is 72.6 Å². The van der Waals surface area contributed by atoms with Gasteiger partial charge < -0.3 is 28.8 Å². The van der Waals surface area contributed by atoms with Crippen LogP contribution in [-0.4, -0.2) is 100 Å². The van der Waals surface area contributed by atoms with Crippen LogP contribution in [0.4, 0.5) is 0 Å². The Balaban J connectivity index is 1.73. The summed E-state index contributed by atoms with van der Waals surface area (Å²) in [6.07, 6.45) is 2.48. The Bertz CT molecular complexity index is 463. The predicted molar refractivity (Wildman–Crippen MR) is 92.2 cm³/mol. The molecule has 0 aromatic heterocycles. The van der Waals surface area contributed by atoms with Gasteiger partial charge in [-0.25, -0.2) is 0 Å². The molecular weight excluding hydrogens is 362 g/mol. The monoisotopic (exact) mass is 389 g/mol. The van der Waals surface area contributed by atoms with E-state index in [-0.39, 0.29) is 38.0 Å². The third kappa shape index (κ3) is 12.2. The van der Waals surface area contributed by atoms with Crippen LogP contribution in [0.1, 0.15) is 6.42 Å². The van der Waals surface area contributed by atoms with Crippen LogP contribution in [0.25, 0.3) is 0 Å². The summed E-state index contributed by atoms with van der Waals surface area (Å²) < 4.78 is 26.3. The van der Waals surface area contributed by atoms with Gasteiger partial charge in [0.15, 0.2) is 0 Å². The summed E-state index contributed by atoms with van der Waals surface area (Å²) in [4.78, 5) is 33.9. The van der Waals surface area contributed by atoms with E-state index in [9.17, 15) is 14.4 Å². The summed E-state index contributed by atoms with van der Waals surface area (Å²) in [5.41, 5.74) is 0. The van der Waals surface area contributed by atoms with Crippen LogP contribution < -0.4 is 0 Å². The fraction of sp³-hybridized carbons (Fsp3) is 0.706. The van der Waals surface area contributed by atoms with Gasteiger partial charge in [0.25, 0.3) is 11.8 Å². The first-order valence-electron chi connectivity index (χ1n) is 8.75. The van der Waals surface area contributed by atoms with E-state index in [2.05, 4.69) is 0 Å². The molecule has 1 aliphatic heterocycles. The van der Waals surface area contributed by atoms with E-state index in [0.717, 1.165) is 4.90 Å². The minimum atomic E-state index is -0.884. The van der Waals surface area contributed by atoms with E-state index in [1.54, 1.807) is 0 Å². The van der Waals surface area contributed by atoms with E-state index in [1.807, 2.05) is 0 Å². The number of carbonyl (C=O) groups excluding carboxylic acids is 2. The zero-order chi connectivity index (χ0) is 19.7. The number of hydrogen-bond acceptors (Lipinski definition) is 8. The summed E-state index contributed by atoms with van der Waals surface area (Å²) >= 11 is 0. The molecule has 10 heteroatoms. The zero-order valence-electron chi connectivity index (χ0n) is 15.3. The first-order valence-corrected chi connectivity index (χ1v) is 8.75. The lowest BCUT2D eigenvalue weighted by Crippen LogP contribution is -2.33. The van der Waals surface area contributed by atoms with Gasteiger partial charge in [0.05, 0.1) is 79.0 Å². The third-order valence-corrected chi connectivity index (χ3v) is 3.31. The number of ether oxygens (including phenoxy) is 5. The van der Waals surface area contributed by atoms with Gasteiger partial charge in [-0.2, -0.15) is 0 Å². The van der Waals surface area contributed by atoms with Crippen molar-refractivity contribution in [3.8, 4) is 0 Å². The van der Waals surface area contributed by atoms with Crippen LogP contribution in [-0.2, 0) is 38.1 Å². The van der Waals surface area contributed by atoms with Gasteiger partial charge in [0.2, 0.25) is 0 Å². The molecule has 154 valence electrons. The Labute approximate surface area is 157 Å². The third-order valence-electron chi connectivity index (χ3n) is 3.31. The quantitative estimate of drug-likeness (QED) is 0.243. The molecule has 0 unspecified atom stereocenters. The number of imide groups is 1. The molecule has 0 atom stereocenters. The van der Waals surface area contributed by atoms with Crippen molar-refractivity contribution in [2.45, 2.75) is 6.42 Å². The summed E-state index contributed by atoms with van der Waals surface area (Å²) in [7, 11) is 0. The maximum absolute atomic E-state index is 11.3. The molecule has 1 aliphatic rings. The SMILES string of the molecule is O=C(O)CCOCCOCCOCCOCCOCCN1C(=O)C=CC1=O. The van der Waals surface area contributed by atoms with Crippen molar-refractivity contribution < 1.29 is 43.2 Å². The number of rotatable bonds is 18. The summed E-state index contributed by atoms with van der Waals surface area (Å²) in [5, 5.41) is 8.42. The van der Waals surface area contributed by atoms with Crippen LogP contribution in [0.2, 0.25) is 0 Å². The van der Waals surface area contributed by atoms with Crippen LogP contribution in [0.3, 0.4) is 0 Å². The number of amides is 2. The van der Waals surface area contributed by atoms with E-state index >= 15 is 0 Å². The molecule has 1 heterocycles. The summed E-state index contributed by atoms with van der Waals surface area (Å²) in [5.74, 6) is -1.51. The molecule has 0 saturated carbocycles. The Hall–Kier alpha value is -1.85. The van der Waals surface area contributed by atoms with Crippen molar-refractivity contribution in [3.63, 3.8) is 0 Å². The lowest BCUT2D eigenvalue weighted by molar-refractivity contribution is -0.139. The maximum Gasteiger partial charge on any atom is 0.305 e. The standard InChI is InChI=1S/C17H27NO9/c19-15-1-2-16(20)18(15)4-6-24-8-10-26-12-14-27-13-11-25-9-7-23-5-3-17(21)22/h1-2H,3-14H2,(H,21,22). The van der Waals surface area contributed by atoms with Gasteiger partial charge >= 0.3 is 5.97 Å². The number of nitrogens with zero attached hydrogens (tertiary/aromatic N) is 1. The highest BCUT2D eigenvalue weighted by atomic mass is 16.6. The van der Waals surface area contributed by atoms with Gasteiger partial charge in [-0.15, -0.1) is 0 Å². The maximum atomic E-state index is 11.3. The minimum Gasteiger partial charge on any atom is -0.481 e. The van der Waals surface area contributed by atoms with Gasteiger partial charge in [-0.3, -0.25) is 19.3 Å². The Morgan fingerprint density at radius 2 is 1.07 bits per heavy atom. The average molecular weight is 389 g/mol. The normalized spacial score (nSPS) is 13.7. The molecule has 0 radical (unpaired) electrons. The van der Waals surface area contributed by atoms with Gasteiger partial charge in [0, 0.05) is 12.2 Å². The molecule has 0 fully saturated rings. The predicted octanol–water partition coefficient (Wildman–Crippen LogP) is -0.531. The fourth-order valence-corrected chi connectivity index (χ4v) is 1.95. The molecule has 1 rings (SSSR count). The van der Waals surface area contributed by atoms with Crippen molar-refractivity contribution in [1.29, 1.82) is 0 Å². The zero-order valence-corrected chi connectivity index (χ0v) is 15.3. The molecule has 0 aromatic rings. The highest BCUT2D eigenvalue weighted by molar-refractivity contribution is 6.12. The molecule has 10 nitrogen and oxygen atoms in total. The van der Waals surface area contributed by atoms with Crippen molar-refractivity contribution in [2.24, 2.45) is 0 Å². The molecule has 0 bridgehead atoms. The highest BCUT2D eigenvalue weighted by Crippen LogP contribution is 2.02. The van der Waals surface area contributed by atoms with Crippen LogP contribution in [0.5, 0.6) is 0 Å². The smallest absolute Gasteiger partial charge is 0.305 e. The largest absolute Gasteiger partial charge is 0.481 e. The van der Waals surface area contributed by atoms with Gasteiger partial charge in [-0.05, 0) is 0 Å². The minimum absolute atomic E-state index is 0.0105. The number of carboxylic acids is 1. The first-order chi connectivity index (χ1) is 13.1. The van der Waals surface area contributed by atoms with Gasteiger partial charge in [-0.1, -0.05) is 0 Å². The molecule has 0 spiro atoms. The van der Waals surface area contributed by atoms with Crippen molar-refractivity contribution >= 4 is 17.8 Å². The topological polar surface area (TPSA) is 121 Å². The Morgan fingerprint density at radius 3 is 1.48 bits per heavy atom. The fourth-order valence-electron chi connectivity index (χ4n) is 1.95. The lowest BCUT2D eigenvalue weighted by Gasteiger charge is -2.13. The molecule has 2 amide bonds. The van der Waals surface area contributed by atoms with E-state index in [0.29, 0.717) is 52.9 Å². The van der Waals surface area contributed by atoms with E-state index < -0.39 is 5.97 Å². The molecule has 0 aromatic carbocycles. The van der Waals surface area contributed by atoms with Crippen LogP contribution >= 0.6 is 0 Å². The second-order valence-electron chi connectivity index (χ2n) is 5.37. The highest BCUT2D eigenvalue weighted by Gasteiger charge is 2.22. The van der Waals surface area contributed by atoms with Crippen molar-refractivity contribution in [3.05, 3.63) is 12.2 Å². The Kier molecular flexibility index (Phi) is 13.1. The van der Waals surface area contributed by atoms with Gasteiger partial charge in [0.1, 0.15) is 0 Å². The molecule has 27 heavy (non-hydrogen) atoms. The summed E-state index contributed by atoms with van der Waals surface area (Å²) in [6, 6.07) is 0. The molecule has 0 aliphatic carbocycles. The second kappa shape index (κ2) is 15.2. The number of carbonyl (C=O) groups is 3.